The van der Waals surface area contributed by atoms with E-state index in [1.54, 1.807) is 19.2 Å². The van der Waals surface area contributed by atoms with Gasteiger partial charge in [-0.25, -0.2) is 4.98 Å². The molecular formula is C35H47F3N2O2S. The fourth-order valence-electron chi connectivity index (χ4n) is 7.39. The van der Waals surface area contributed by atoms with E-state index in [4.69, 9.17) is 0 Å². The fraction of sp³-hybridized carbons (Fsp3) is 0.657. The minimum absolute atomic E-state index is 0.00465. The molecular weight excluding hydrogens is 569 g/mol. The Balaban J connectivity index is 1.32. The van der Waals surface area contributed by atoms with Gasteiger partial charge in [-0.05, 0) is 94.5 Å². The Bertz CT molecular complexity index is 1350. The molecule has 236 valence electrons. The van der Waals surface area contributed by atoms with Crippen LogP contribution in [-0.4, -0.2) is 35.0 Å². The van der Waals surface area contributed by atoms with Crippen molar-refractivity contribution in [3.8, 4) is 0 Å². The number of fused-ring (bicyclic) bond motifs is 1. The van der Waals surface area contributed by atoms with Gasteiger partial charge in [-0.3, -0.25) is 14.6 Å². The second-order valence-corrected chi connectivity index (χ2v) is 14.4. The second-order valence-electron chi connectivity index (χ2n) is 13.3. The Hall–Kier alpha value is -2.35. The second kappa shape index (κ2) is 13.3. The first kappa shape index (κ1) is 33.5. The van der Waals surface area contributed by atoms with Crippen molar-refractivity contribution in [3.63, 3.8) is 0 Å². The largest absolute Gasteiger partial charge is 0.416 e. The van der Waals surface area contributed by atoms with Crippen LogP contribution in [0.4, 0.5) is 13.2 Å². The van der Waals surface area contributed by atoms with Crippen LogP contribution in [0.15, 0.2) is 45.6 Å². The highest BCUT2D eigenvalue weighted by Crippen LogP contribution is 2.59. The number of halogens is 3. The van der Waals surface area contributed by atoms with Gasteiger partial charge >= 0.3 is 6.18 Å². The van der Waals surface area contributed by atoms with Crippen LogP contribution in [0.3, 0.4) is 0 Å². The molecule has 0 radical (unpaired) electrons. The van der Waals surface area contributed by atoms with Gasteiger partial charge < -0.3 is 0 Å². The zero-order chi connectivity index (χ0) is 31.7. The highest BCUT2D eigenvalue weighted by atomic mass is 32.1. The molecule has 0 amide bonds. The van der Waals surface area contributed by atoms with Gasteiger partial charge in [-0.15, -0.1) is 11.3 Å². The summed E-state index contributed by atoms with van der Waals surface area (Å²) < 4.78 is 41.3. The lowest BCUT2D eigenvalue weighted by Gasteiger charge is -2.51. The van der Waals surface area contributed by atoms with Crippen LogP contribution in [0.5, 0.6) is 0 Å². The third kappa shape index (κ3) is 7.15. The topological polar surface area (TPSA) is 59.4 Å². The number of allylic oxidation sites excluding steroid dienone is 6. The van der Waals surface area contributed by atoms with Crippen LogP contribution < -0.4 is 0 Å². The van der Waals surface area contributed by atoms with Gasteiger partial charge in [-0.2, -0.15) is 13.2 Å². The number of hydrogen-bond donors (Lipinski definition) is 0. The van der Waals surface area contributed by atoms with E-state index < -0.39 is 17.2 Å². The predicted molar refractivity (Wildman–Crippen MR) is 169 cm³/mol. The molecule has 6 unspecified atom stereocenters. The number of aliphatic imine (C=N–C) groups is 1. The number of carbonyl (C=O) groups is 2. The van der Waals surface area contributed by atoms with E-state index in [-0.39, 0.29) is 35.2 Å². The van der Waals surface area contributed by atoms with Crippen molar-refractivity contribution in [1.29, 1.82) is 0 Å². The number of aromatic nitrogens is 1. The number of Topliss-reactive ketones (excluding diaryl/α,β-unsaturated/α-hetero) is 2. The zero-order valence-electron chi connectivity index (χ0n) is 26.7. The normalized spacial score (nSPS) is 27.3. The Labute approximate surface area is 259 Å². The predicted octanol–water partition coefficient (Wildman–Crippen LogP) is 9.88. The zero-order valence-corrected chi connectivity index (χ0v) is 27.6. The number of rotatable bonds is 12. The van der Waals surface area contributed by atoms with E-state index in [0.29, 0.717) is 42.1 Å². The summed E-state index contributed by atoms with van der Waals surface area (Å²) in [6.07, 6.45) is 6.34. The molecule has 0 N–H and O–H groups in total. The maximum Gasteiger partial charge on any atom is 0.416 e. The smallest absolute Gasteiger partial charge is 0.294 e. The molecule has 1 fully saturated rings. The molecule has 1 aliphatic heterocycles. The van der Waals surface area contributed by atoms with Crippen LogP contribution >= 0.6 is 11.3 Å². The van der Waals surface area contributed by atoms with E-state index in [1.165, 1.54) is 23.0 Å². The summed E-state index contributed by atoms with van der Waals surface area (Å²) in [7, 11) is 0. The van der Waals surface area contributed by atoms with E-state index >= 15 is 0 Å². The van der Waals surface area contributed by atoms with Crippen molar-refractivity contribution in [3.05, 3.63) is 50.5 Å². The standard InChI is InChI=1S/C35H47F3N2O2S/c1-8-26-13-15-39-25(7)31(23(26)5)29(41)11-9-10-21(3)33-40-19-30(43-33)32(42)20(2)12-14-34-17-27(24(34)6)16-22(4)28(18-34)35(36,37)38/h16,18-21,24,26-27H,8-15,17H2,1-7H3. The van der Waals surface area contributed by atoms with Crippen LogP contribution in [0.2, 0.25) is 0 Å². The molecule has 1 saturated carbocycles. The van der Waals surface area contributed by atoms with Gasteiger partial charge in [0.1, 0.15) is 0 Å². The van der Waals surface area contributed by atoms with Crippen molar-refractivity contribution in [2.24, 2.45) is 34.1 Å². The third-order valence-electron chi connectivity index (χ3n) is 10.5. The molecule has 4 nitrogen and oxygen atoms in total. The first-order valence-corrected chi connectivity index (χ1v) is 16.7. The monoisotopic (exact) mass is 616 g/mol. The molecule has 4 aliphatic rings. The quantitative estimate of drug-likeness (QED) is 0.220. The SMILES string of the molecule is CCC1CCN=C(C)C(C(=O)CCCC(C)c2ncc(C(=O)C(C)CCC34C=C(C(F)(F)F)C(C)=CC(C3)C4C)s2)=C1C. The van der Waals surface area contributed by atoms with Gasteiger partial charge in [0, 0.05) is 42.3 Å². The molecule has 43 heavy (non-hydrogen) atoms. The summed E-state index contributed by atoms with van der Waals surface area (Å²) >= 11 is 1.41. The molecule has 0 saturated heterocycles. The molecule has 6 atom stereocenters. The number of alkyl halides is 3. The van der Waals surface area contributed by atoms with Crippen molar-refractivity contribution in [2.45, 2.75) is 112 Å². The molecule has 5 rings (SSSR count). The van der Waals surface area contributed by atoms with Gasteiger partial charge in [0.05, 0.1) is 15.5 Å². The molecule has 3 aliphatic carbocycles. The fourth-order valence-corrected chi connectivity index (χ4v) is 8.45. The van der Waals surface area contributed by atoms with Crippen LogP contribution in [0.25, 0.3) is 0 Å². The first-order valence-electron chi connectivity index (χ1n) is 15.9. The van der Waals surface area contributed by atoms with Crippen molar-refractivity contribution >= 4 is 28.6 Å². The van der Waals surface area contributed by atoms with E-state index in [9.17, 15) is 22.8 Å². The molecule has 8 heteroatoms. The summed E-state index contributed by atoms with van der Waals surface area (Å²) in [6, 6.07) is 0. The van der Waals surface area contributed by atoms with Crippen LogP contribution in [-0.2, 0) is 4.79 Å². The summed E-state index contributed by atoms with van der Waals surface area (Å²) in [5, 5.41) is 0.883. The van der Waals surface area contributed by atoms with Crippen LogP contribution in [0.1, 0.15) is 120 Å². The lowest BCUT2D eigenvalue weighted by atomic mass is 9.52. The van der Waals surface area contributed by atoms with Gasteiger partial charge in [0.25, 0.3) is 0 Å². The number of hydrogen-bond acceptors (Lipinski definition) is 5. The highest BCUT2D eigenvalue weighted by Gasteiger charge is 2.52. The minimum atomic E-state index is -4.37. The number of ketones is 2. The Morgan fingerprint density at radius 2 is 1.88 bits per heavy atom. The number of nitrogens with zero attached hydrogens (tertiary/aromatic N) is 2. The molecule has 2 bridgehead atoms. The molecule has 1 aromatic rings. The Morgan fingerprint density at radius 3 is 2.53 bits per heavy atom. The van der Waals surface area contributed by atoms with Crippen LogP contribution in [0, 0.1) is 29.1 Å². The number of carbonyl (C=O) groups excluding carboxylic acids is 2. The third-order valence-corrected chi connectivity index (χ3v) is 11.7. The summed E-state index contributed by atoms with van der Waals surface area (Å²) in [6.45, 7) is 14.5. The molecule has 2 heterocycles. The lowest BCUT2D eigenvalue weighted by Crippen LogP contribution is -2.44. The van der Waals surface area contributed by atoms with E-state index in [0.717, 1.165) is 48.5 Å². The van der Waals surface area contributed by atoms with E-state index in [1.807, 2.05) is 20.8 Å². The average molecular weight is 617 g/mol. The van der Waals surface area contributed by atoms with Gasteiger partial charge in [0.2, 0.25) is 0 Å². The maximum atomic E-state index is 13.8. The van der Waals surface area contributed by atoms with Gasteiger partial charge in [-0.1, -0.05) is 45.4 Å². The van der Waals surface area contributed by atoms with Crippen molar-refractivity contribution in [2.75, 3.05) is 6.54 Å². The highest BCUT2D eigenvalue weighted by molar-refractivity contribution is 7.13. The summed E-state index contributed by atoms with van der Waals surface area (Å²) in [4.78, 5) is 36.3. The van der Waals surface area contributed by atoms with Crippen molar-refractivity contribution in [1.82, 2.24) is 4.98 Å². The summed E-state index contributed by atoms with van der Waals surface area (Å²) in [5.74, 6) is 0.680. The molecule has 0 aromatic carbocycles. The van der Waals surface area contributed by atoms with E-state index in [2.05, 4.69) is 30.7 Å². The maximum absolute atomic E-state index is 13.8. The van der Waals surface area contributed by atoms with Gasteiger partial charge in [0.15, 0.2) is 11.6 Å². The molecule has 0 spiro atoms. The van der Waals surface area contributed by atoms with Crippen molar-refractivity contribution < 1.29 is 22.8 Å². The lowest BCUT2D eigenvalue weighted by molar-refractivity contribution is -0.115. The Kier molecular flexibility index (Phi) is 10.4. The first-order chi connectivity index (χ1) is 20.2. The minimum Gasteiger partial charge on any atom is -0.294 e. The Morgan fingerprint density at radius 1 is 1.16 bits per heavy atom. The molecule has 1 aromatic heterocycles. The summed E-state index contributed by atoms with van der Waals surface area (Å²) in [5.41, 5.74) is 2.13. The average Bonchev–Trinajstić information content (AvgIpc) is 3.28. The number of thiazole rings is 1.